The molecule has 10 heteroatoms. The monoisotopic (exact) mass is 782 g/mol. The van der Waals surface area contributed by atoms with Gasteiger partial charge in [-0.3, -0.25) is 14.4 Å². The summed E-state index contributed by atoms with van der Waals surface area (Å²) in [5, 5.41) is 6.79. The van der Waals surface area contributed by atoms with Crippen molar-refractivity contribution in [2.45, 2.75) is 108 Å². The van der Waals surface area contributed by atoms with Crippen LogP contribution < -0.4 is 25.7 Å². The minimum absolute atomic E-state index is 0. The zero-order chi connectivity index (χ0) is 41.0. The van der Waals surface area contributed by atoms with E-state index in [1.54, 1.807) is 0 Å². The van der Waals surface area contributed by atoms with Crippen LogP contribution in [0.1, 0.15) is 142 Å². The van der Waals surface area contributed by atoms with E-state index in [1.807, 2.05) is 58.1 Å². The molecule has 8 bridgehead atoms. The van der Waals surface area contributed by atoms with Gasteiger partial charge in [-0.15, -0.1) is 33.5 Å². The van der Waals surface area contributed by atoms with Crippen molar-refractivity contribution in [1.82, 2.24) is 15.0 Å². The van der Waals surface area contributed by atoms with E-state index >= 15 is 0 Å². The van der Waals surface area contributed by atoms with Crippen LogP contribution in [0.15, 0.2) is 29.6 Å². The summed E-state index contributed by atoms with van der Waals surface area (Å²) in [4.78, 5) is 56.1. The third kappa shape index (κ3) is 9.07. The van der Waals surface area contributed by atoms with Crippen LogP contribution in [0.25, 0.3) is 35.2 Å². The van der Waals surface area contributed by atoms with Crippen LogP contribution in [0.3, 0.4) is 0 Å². The molecule has 3 aromatic rings. The number of allylic oxidation sites excluding steroid dienone is 3. The molecule has 300 valence electrons. The summed E-state index contributed by atoms with van der Waals surface area (Å²) >= 11 is 0. The van der Waals surface area contributed by atoms with Gasteiger partial charge in [-0.05, 0) is 82.8 Å². The SMILES string of the molecule is C=Cc1c2[n-]c(c1C)/C=C1\[N-]/C(=C3\c4[n-]c(c(C)c4C(=O)[C@@H]3C(=O)OC)/C=c3\[n-]/c(c(C)c3CC)=C\2)[C@@H](CCC(=O)OC/C=C(/C)CCCC(C)C)[C@@H]1C.CC.[Mg+2]. The second-order valence-electron chi connectivity index (χ2n) is 15.4. The first-order valence-electron chi connectivity index (χ1n) is 20.2. The molecule has 2 aliphatic heterocycles. The summed E-state index contributed by atoms with van der Waals surface area (Å²) in [5.74, 6) is -2.38. The number of Topliss-reactive ketones (excluding diaryl/α,β-unsaturated/α-hetero) is 1. The van der Waals surface area contributed by atoms with Gasteiger partial charge in [0.1, 0.15) is 12.5 Å². The van der Waals surface area contributed by atoms with E-state index in [-0.39, 0.29) is 59.7 Å². The maximum absolute atomic E-state index is 14.3. The van der Waals surface area contributed by atoms with Crippen LogP contribution in [-0.4, -0.2) is 54.5 Å². The number of methoxy groups -OCH3 is 1. The van der Waals surface area contributed by atoms with Gasteiger partial charge in [0.25, 0.3) is 0 Å². The first kappa shape index (κ1) is 45.4. The molecule has 0 N–H and O–H groups in total. The summed E-state index contributed by atoms with van der Waals surface area (Å²) in [6.45, 7) is 24.9. The molecule has 5 heterocycles. The average Bonchev–Trinajstić information content (AvgIpc) is 3.91. The molecule has 0 unspecified atom stereocenters. The minimum atomic E-state index is -1.22. The summed E-state index contributed by atoms with van der Waals surface area (Å²) in [5.41, 5.74) is 10.6. The Kier molecular flexibility index (Phi) is 15.5. The Morgan fingerprint density at radius 1 is 0.947 bits per heavy atom. The van der Waals surface area contributed by atoms with Crippen molar-refractivity contribution in [1.29, 1.82) is 0 Å². The molecule has 1 aliphatic carbocycles. The molecule has 3 aliphatic rings. The van der Waals surface area contributed by atoms with Crippen LogP contribution in [0.5, 0.6) is 0 Å². The van der Waals surface area contributed by atoms with Crippen LogP contribution in [0.2, 0.25) is 0 Å². The van der Waals surface area contributed by atoms with Crippen molar-refractivity contribution in [3.63, 3.8) is 0 Å². The number of nitrogens with zero attached hydrogens (tertiary/aromatic N) is 4. The first-order chi connectivity index (χ1) is 26.8. The van der Waals surface area contributed by atoms with Gasteiger partial charge >= 0.3 is 35.0 Å². The Bertz CT molecular complexity index is 2240. The predicted octanol–water partition coefficient (Wildman–Crippen LogP) is 7.78. The first-order valence-corrected chi connectivity index (χ1v) is 20.2. The number of hydrogen-bond donors (Lipinski definition) is 0. The third-order valence-electron chi connectivity index (χ3n) is 11.4. The summed E-state index contributed by atoms with van der Waals surface area (Å²) < 4.78 is 10.9. The summed E-state index contributed by atoms with van der Waals surface area (Å²) in [7, 11) is 1.29. The molecule has 0 aromatic carbocycles. The van der Waals surface area contributed by atoms with Crippen molar-refractivity contribution in [2.75, 3.05) is 13.7 Å². The van der Waals surface area contributed by atoms with Gasteiger partial charge < -0.3 is 29.7 Å². The molecule has 0 radical (unpaired) electrons. The molecule has 3 atom stereocenters. The number of carbonyl (C=O) groups is 3. The zero-order valence-electron chi connectivity index (χ0n) is 35.9. The quantitative estimate of drug-likeness (QED) is 0.0790. The molecule has 1 fully saturated rings. The number of rotatable bonds is 12. The topological polar surface area (TPSA) is 126 Å². The Labute approximate surface area is 354 Å². The average molecular weight is 783 g/mol. The van der Waals surface area contributed by atoms with Crippen molar-refractivity contribution in [3.05, 3.63) is 102 Å². The fourth-order valence-electron chi connectivity index (χ4n) is 8.16. The van der Waals surface area contributed by atoms with E-state index in [1.165, 1.54) is 12.7 Å². The number of hydrogen-bond acceptors (Lipinski definition) is 5. The number of aromatic nitrogens is 3. The molecule has 9 nitrogen and oxygen atoms in total. The van der Waals surface area contributed by atoms with Gasteiger partial charge in [-0.1, -0.05) is 112 Å². The third-order valence-corrected chi connectivity index (χ3v) is 11.4. The van der Waals surface area contributed by atoms with E-state index in [4.69, 9.17) is 29.7 Å². The maximum Gasteiger partial charge on any atom is 2.00 e. The second-order valence-corrected chi connectivity index (χ2v) is 15.4. The van der Waals surface area contributed by atoms with E-state index < -0.39 is 11.9 Å². The number of ether oxygens (including phenoxy) is 2. The fraction of sp³-hybridized carbons (Fsp3) is 0.468. The van der Waals surface area contributed by atoms with Gasteiger partial charge in [-0.25, -0.2) is 0 Å². The smallest absolute Gasteiger partial charge is 0.664 e. The van der Waals surface area contributed by atoms with Gasteiger partial charge in [0, 0.05) is 12.0 Å². The van der Waals surface area contributed by atoms with Crippen LogP contribution in [0, 0.1) is 44.4 Å². The van der Waals surface area contributed by atoms with Crippen molar-refractivity contribution in [3.8, 4) is 0 Å². The van der Waals surface area contributed by atoms with Crippen LogP contribution in [0.4, 0.5) is 0 Å². The largest absolute Gasteiger partial charge is 2.00 e. The standard InChI is InChI=1S/C45H53N4O5.C2H6.Mg/c1-11-29-25(6)32-20-34-27(8)31(16-17-38(50)54-19-18-24(5)15-13-14-23(3)4)42(48-34)40-41(45(52)53-10)44(51)39-28(9)35(49-43(39)40)22-37-30(12-2)26(7)33(47-37)21-36(29)46-32;1-2;/h11,18,20-23,27,31,41H,1,12-17,19H2,2-10H3,(H-,48,49,51);1-2H3;/q-3;;+2/p-1/b24-18-,33-21-,34-20-,37-22-;;/t27-,31-,41+;;/m0../s1. The van der Waals surface area contributed by atoms with E-state index in [2.05, 4.69) is 48.1 Å². The number of carbonyl (C=O) groups excluding carboxylic acids is 3. The number of fused-ring (bicyclic) bond motifs is 7. The van der Waals surface area contributed by atoms with Crippen molar-refractivity contribution in [2.24, 2.45) is 23.7 Å². The van der Waals surface area contributed by atoms with E-state index in [9.17, 15) is 14.4 Å². The normalized spacial score (nSPS) is 21.5. The second kappa shape index (κ2) is 19.4. The summed E-state index contributed by atoms with van der Waals surface area (Å²) in [6.07, 6.45) is 14.3. The maximum atomic E-state index is 14.3. The Morgan fingerprint density at radius 3 is 2.28 bits per heavy atom. The molecular weight excluding hydrogens is 725 g/mol. The van der Waals surface area contributed by atoms with Crippen LogP contribution in [-0.2, 0) is 25.5 Å². The van der Waals surface area contributed by atoms with E-state index in [0.29, 0.717) is 46.1 Å². The fourth-order valence-corrected chi connectivity index (χ4v) is 8.16. The van der Waals surface area contributed by atoms with Crippen molar-refractivity contribution < 1.29 is 23.9 Å². The number of esters is 2. The minimum Gasteiger partial charge on any atom is -0.664 e. The summed E-state index contributed by atoms with van der Waals surface area (Å²) in [6, 6.07) is 0. The molecule has 0 saturated carbocycles. The van der Waals surface area contributed by atoms with E-state index in [0.717, 1.165) is 75.7 Å². The number of ketones is 1. The molecule has 1 saturated heterocycles. The molecule has 0 spiro atoms. The van der Waals surface area contributed by atoms with Crippen LogP contribution >= 0.6 is 0 Å². The van der Waals surface area contributed by atoms with Gasteiger partial charge in [0.05, 0.1) is 7.11 Å². The molecule has 3 aromatic heterocycles. The van der Waals surface area contributed by atoms with Gasteiger partial charge in [0.2, 0.25) is 0 Å². The predicted molar refractivity (Wildman–Crippen MR) is 230 cm³/mol. The Morgan fingerprint density at radius 2 is 1.63 bits per heavy atom. The van der Waals surface area contributed by atoms with Gasteiger partial charge in [0.15, 0.2) is 5.78 Å². The Hall–Kier alpha value is -4.28. The molecule has 6 rings (SSSR count). The van der Waals surface area contributed by atoms with Gasteiger partial charge in [-0.2, -0.15) is 11.4 Å². The molecule has 0 amide bonds. The molecular formula is C47H58MgN4O5-2. The zero-order valence-corrected chi connectivity index (χ0v) is 37.3. The van der Waals surface area contributed by atoms with Crippen molar-refractivity contribution >= 4 is 70.7 Å². The Balaban J connectivity index is 0.00000236. The molecule has 57 heavy (non-hydrogen) atoms.